The van der Waals surface area contributed by atoms with Crippen LogP contribution in [0.15, 0.2) is 51.7 Å². The average molecular weight is 474 g/mol. The molecule has 0 bridgehead atoms. The number of nitrogens with zero attached hydrogens (tertiary/aromatic N) is 1. The van der Waals surface area contributed by atoms with E-state index in [2.05, 4.69) is 20.9 Å². The molecule has 1 N–H and O–H groups in total. The van der Waals surface area contributed by atoms with Gasteiger partial charge in [0.25, 0.3) is 5.56 Å². The largest absolute Gasteiger partial charge is 0.490 e. The van der Waals surface area contributed by atoms with Crippen LogP contribution in [0, 0.1) is 18.3 Å². The number of aromatic nitrogens is 1. The average Bonchev–Trinajstić information content (AvgIpc) is 2.68. The first-order valence-corrected chi connectivity index (χ1v) is 10.1. The Morgan fingerprint density at radius 1 is 1.14 bits per heavy atom. The van der Waals surface area contributed by atoms with Gasteiger partial charge in [-0.25, -0.2) is 0 Å². The van der Waals surface area contributed by atoms with E-state index >= 15 is 0 Å². The molecule has 0 spiro atoms. The van der Waals surface area contributed by atoms with Crippen LogP contribution in [0.5, 0.6) is 11.5 Å². The van der Waals surface area contributed by atoms with Crippen molar-refractivity contribution in [2.75, 3.05) is 6.61 Å². The minimum absolute atomic E-state index is 0.0449. The Bertz CT molecular complexity index is 1150. The maximum atomic E-state index is 12.2. The number of aryl methyl sites for hydroxylation is 1. The normalized spacial score (nSPS) is 10.4. The van der Waals surface area contributed by atoms with Gasteiger partial charge in [0.2, 0.25) is 0 Å². The second-order valence-electron chi connectivity index (χ2n) is 6.27. The van der Waals surface area contributed by atoms with Gasteiger partial charge in [-0.05, 0) is 38.1 Å². The number of H-pyrrole nitrogens is 1. The van der Waals surface area contributed by atoms with Crippen LogP contribution in [0.3, 0.4) is 0 Å². The zero-order chi connectivity index (χ0) is 21.0. The lowest BCUT2D eigenvalue weighted by molar-refractivity contribution is 0.269. The smallest absolute Gasteiger partial charge is 0.266 e. The zero-order valence-electron chi connectivity index (χ0n) is 15.9. The molecule has 0 saturated carbocycles. The van der Waals surface area contributed by atoms with Crippen molar-refractivity contribution in [1.82, 2.24) is 4.98 Å². The van der Waals surface area contributed by atoms with Gasteiger partial charge in [-0.15, -0.1) is 0 Å². The first kappa shape index (κ1) is 21.0. The molecule has 0 atom stereocenters. The standard InChI is InChI=1S/C22H18BrClN2O3/c1-3-28-20-9-16(15-8-13(2)26-22(27)17(15)11-25)18(23)10-21(20)29-12-14-6-4-5-7-19(14)24/h4-10H,3,12H2,1-2H3,(H,26,27). The van der Waals surface area contributed by atoms with Gasteiger partial charge in [0.15, 0.2) is 11.5 Å². The van der Waals surface area contributed by atoms with Gasteiger partial charge in [0, 0.05) is 31.9 Å². The van der Waals surface area contributed by atoms with Crippen LogP contribution in [0.2, 0.25) is 5.02 Å². The van der Waals surface area contributed by atoms with Gasteiger partial charge in [-0.3, -0.25) is 4.79 Å². The topological polar surface area (TPSA) is 75.1 Å². The molecule has 0 aliphatic heterocycles. The highest BCUT2D eigenvalue weighted by atomic mass is 79.9. The van der Waals surface area contributed by atoms with Crippen LogP contribution in [0.1, 0.15) is 23.7 Å². The summed E-state index contributed by atoms with van der Waals surface area (Å²) in [4.78, 5) is 14.8. The minimum atomic E-state index is -0.425. The molecular formula is C22H18BrClN2O3. The number of aromatic amines is 1. The van der Waals surface area contributed by atoms with Crippen molar-refractivity contribution in [1.29, 1.82) is 5.26 Å². The summed E-state index contributed by atoms with van der Waals surface area (Å²) in [6.07, 6.45) is 0. The van der Waals surface area contributed by atoms with Gasteiger partial charge in [-0.2, -0.15) is 5.26 Å². The summed E-state index contributed by atoms with van der Waals surface area (Å²) >= 11 is 9.75. The highest BCUT2D eigenvalue weighted by molar-refractivity contribution is 9.10. The molecule has 0 fully saturated rings. The van der Waals surface area contributed by atoms with Crippen molar-refractivity contribution in [2.45, 2.75) is 20.5 Å². The van der Waals surface area contributed by atoms with Gasteiger partial charge in [0.05, 0.1) is 6.61 Å². The highest BCUT2D eigenvalue weighted by Crippen LogP contribution is 2.40. The number of hydrogen-bond donors (Lipinski definition) is 1. The molecule has 7 heteroatoms. The molecule has 0 aliphatic carbocycles. The number of nitrogens with one attached hydrogen (secondary N) is 1. The molecule has 0 unspecified atom stereocenters. The molecule has 0 saturated heterocycles. The third-order valence-corrected chi connectivity index (χ3v) is 5.27. The van der Waals surface area contributed by atoms with E-state index < -0.39 is 5.56 Å². The molecule has 2 aromatic carbocycles. The van der Waals surface area contributed by atoms with E-state index in [1.807, 2.05) is 31.2 Å². The molecule has 148 valence electrons. The van der Waals surface area contributed by atoms with E-state index in [9.17, 15) is 10.1 Å². The fourth-order valence-electron chi connectivity index (χ4n) is 2.91. The van der Waals surface area contributed by atoms with Gasteiger partial charge < -0.3 is 14.5 Å². The summed E-state index contributed by atoms with van der Waals surface area (Å²) < 4.78 is 12.4. The Hall–Kier alpha value is -2.75. The highest BCUT2D eigenvalue weighted by Gasteiger charge is 2.17. The third-order valence-electron chi connectivity index (χ3n) is 4.24. The number of pyridine rings is 1. The molecule has 0 amide bonds. The summed E-state index contributed by atoms with van der Waals surface area (Å²) in [5.74, 6) is 1.04. The summed E-state index contributed by atoms with van der Waals surface area (Å²) in [6.45, 7) is 4.35. The van der Waals surface area contributed by atoms with Crippen molar-refractivity contribution in [3.63, 3.8) is 0 Å². The Balaban J connectivity index is 2.05. The van der Waals surface area contributed by atoms with Gasteiger partial charge >= 0.3 is 0 Å². The predicted octanol–water partition coefficient (Wildman–Crippen LogP) is 5.62. The molecule has 1 aromatic heterocycles. The van der Waals surface area contributed by atoms with Crippen molar-refractivity contribution >= 4 is 27.5 Å². The van der Waals surface area contributed by atoms with Crippen LogP contribution in [0.25, 0.3) is 11.1 Å². The van der Waals surface area contributed by atoms with Crippen molar-refractivity contribution in [3.05, 3.63) is 79.1 Å². The number of ether oxygens (including phenoxy) is 2. The lowest BCUT2D eigenvalue weighted by Gasteiger charge is -2.16. The zero-order valence-corrected chi connectivity index (χ0v) is 18.2. The fraction of sp³-hybridized carbons (Fsp3) is 0.182. The minimum Gasteiger partial charge on any atom is -0.490 e. The van der Waals surface area contributed by atoms with Crippen molar-refractivity contribution in [2.24, 2.45) is 0 Å². The van der Waals surface area contributed by atoms with Crippen LogP contribution >= 0.6 is 27.5 Å². The number of rotatable bonds is 6. The number of halogens is 2. The maximum absolute atomic E-state index is 12.2. The molecular weight excluding hydrogens is 456 g/mol. The Kier molecular flexibility index (Phi) is 6.63. The van der Waals surface area contributed by atoms with E-state index in [1.54, 1.807) is 31.2 Å². The Morgan fingerprint density at radius 2 is 1.86 bits per heavy atom. The Morgan fingerprint density at radius 3 is 2.55 bits per heavy atom. The van der Waals surface area contributed by atoms with Crippen LogP contribution in [0.4, 0.5) is 0 Å². The summed E-state index contributed by atoms with van der Waals surface area (Å²) in [5.41, 5.74) is 2.33. The molecule has 1 heterocycles. The van der Waals surface area contributed by atoms with Crippen LogP contribution in [-0.4, -0.2) is 11.6 Å². The van der Waals surface area contributed by atoms with E-state index in [1.165, 1.54) is 0 Å². The predicted molar refractivity (Wildman–Crippen MR) is 117 cm³/mol. The monoisotopic (exact) mass is 472 g/mol. The number of nitriles is 1. The molecule has 3 aromatic rings. The van der Waals surface area contributed by atoms with E-state index in [-0.39, 0.29) is 12.2 Å². The van der Waals surface area contributed by atoms with Crippen LogP contribution in [-0.2, 0) is 6.61 Å². The number of benzene rings is 2. The Labute approximate surface area is 182 Å². The van der Waals surface area contributed by atoms with Crippen LogP contribution < -0.4 is 15.0 Å². The molecule has 29 heavy (non-hydrogen) atoms. The SMILES string of the molecule is CCOc1cc(-c2cc(C)[nH]c(=O)c2C#N)c(Br)cc1OCc1ccccc1Cl. The second-order valence-corrected chi connectivity index (χ2v) is 7.54. The number of hydrogen-bond acceptors (Lipinski definition) is 4. The van der Waals surface area contributed by atoms with Crippen molar-refractivity contribution < 1.29 is 9.47 Å². The lowest BCUT2D eigenvalue weighted by Crippen LogP contribution is -2.13. The lowest BCUT2D eigenvalue weighted by atomic mass is 10.0. The molecule has 5 nitrogen and oxygen atoms in total. The quantitative estimate of drug-likeness (QED) is 0.504. The molecule has 0 aliphatic rings. The second kappa shape index (κ2) is 9.17. The first-order chi connectivity index (χ1) is 13.9. The molecule has 0 radical (unpaired) electrons. The van der Waals surface area contributed by atoms with E-state index in [4.69, 9.17) is 21.1 Å². The third kappa shape index (κ3) is 4.64. The van der Waals surface area contributed by atoms with Crippen molar-refractivity contribution in [3.8, 4) is 28.7 Å². The summed E-state index contributed by atoms with van der Waals surface area (Å²) in [5, 5.41) is 10.1. The summed E-state index contributed by atoms with van der Waals surface area (Å²) in [6, 6.07) is 14.7. The summed E-state index contributed by atoms with van der Waals surface area (Å²) in [7, 11) is 0. The first-order valence-electron chi connectivity index (χ1n) is 8.91. The fourth-order valence-corrected chi connectivity index (χ4v) is 3.63. The van der Waals surface area contributed by atoms with Gasteiger partial charge in [-0.1, -0.05) is 45.7 Å². The van der Waals surface area contributed by atoms with Gasteiger partial charge in [0.1, 0.15) is 18.2 Å². The molecule has 3 rings (SSSR count). The van der Waals surface area contributed by atoms with E-state index in [0.717, 1.165) is 5.56 Å². The van der Waals surface area contributed by atoms with E-state index in [0.29, 0.717) is 44.4 Å². The maximum Gasteiger partial charge on any atom is 0.266 e.